The van der Waals surface area contributed by atoms with Crippen LogP contribution in [0.25, 0.3) is 5.70 Å². The van der Waals surface area contributed by atoms with Gasteiger partial charge in [0.15, 0.2) is 0 Å². The van der Waals surface area contributed by atoms with Gasteiger partial charge < -0.3 is 15.0 Å². The second-order valence-corrected chi connectivity index (χ2v) is 7.82. The molecule has 2 heterocycles. The van der Waals surface area contributed by atoms with Crippen molar-refractivity contribution < 1.29 is 22.3 Å². The number of alkyl halides is 3. The maximum Gasteiger partial charge on any atom is 0.379 e. The van der Waals surface area contributed by atoms with Crippen molar-refractivity contribution in [3.63, 3.8) is 0 Å². The van der Waals surface area contributed by atoms with E-state index >= 15 is 0 Å². The SMILES string of the molecule is C=C1c2cc(F)cc(CNc3ncc(C)cc3COC)c2N=C(c2ccccc2)N1C.CC.FC(F)F. The number of ether oxygens (including phenoxy) is 1. The number of nitrogens with zero attached hydrogens (tertiary/aromatic N) is 3. The second-order valence-electron chi connectivity index (χ2n) is 7.82. The number of hydrogen-bond donors (Lipinski definition) is 1. The Bertz CT molecular complexity index is 1210. The Kier molecular flexibility index (Phi) is 11.3. The number of amidine groups is 1. The zero-order chi connectivity index (χ0) is 27.5. The number of rotatable bonds is 6. The lowest BCUT2D eigenvalue weighted by atomic mass is 10.0. The van der Waals surface area contributed by atoms with Crippen molar-refractivity contribution in [2.45, 2.75) is 40.6 Å². The first-order chi connectivity index (χ1) is 17.7. The Hall–Kier alpha value is -3.72. The minimum absolute atomic E-state index is 0.322. The van der Waals surface area contributed by atoms with Crippen molar-refractivity contribution in [2.24, 2.45) is 4.99 Å². The van der Waals surface area contributed by atoms with Crippen LogP contribution in [0.2, 0.25) is 0 Å². The van der Waals surface area contributed by atoms with E-state index in [4.69, 9.17) is 9.73 Å². The summed E-state index contributed by atoms with van der Waals surface area (Å²) >= 11 is 0. The maximum atomic E-state index is 14.5. The number of hydrogen-bond acceptors (Lipinski definition) is 5. The van der Waals surface area contributed by atoms with Gasteiger partial charge in [-0.3, -0.25) is 0 Å². The predicted octanol–water partition coefficient (Wildman–Crippen LogP) is 7.49. The smallest absolute Gasteiger partial charge is 0.379 e. The van der Waals surface area contributed by atoms with Crippen molar-refractivity contribution in [1.29, 1.82) is 0 Å². The van der Waals surface area contributed by atoms with Gasteiger partial charge in [-0.05, 0) is 30.7 Å². The number of halogens is 4. The van der Waals surface area contributed by atoms with E-state index in [1.807, 2.05) is 69.1 Å². The van der Waals surface area contributed by atoms with E-state index in [9.17, 15) is 17.6 Å². The summed E-state index contributed by atoms with van der Waals surface area (Å²) in [6, 6.07) is 14.9. The molecule has 0 spiro atoms. The van der Waals surface area contributed by atoms with E-state index in [0.717, 1.165) is 33.8 Å². The van der Waals surface area contributed by atoms with Crippen LogP contribution in [-0.2, 0) is 17.9 Å². The molecule has 3 aromatic rings. The van der Waals surface area contributed by atoms with Crippen LogP contribution in [0, 0.1) is 12.7 Å². The van der Waals surface area contributed by atoms with Crippen LogP contribution in [0.1, 0.15) is 41.7 Å². The van der Waals surface area contributed by atoms with E-state index in [-0.39, 0.29) is 5.82 Å². The first kappa shape index (κ1) is 29.5. The number of aromatic nitrogens is 1. The minimum atomic E-state index is -3.67. The molecule has 198 valence electrons. The average molecular weight is 517 g/mol. The maximum absolute atomic E-state index is 14.5. The van der Waals surface area contributed by atoms with E-state index in [1.54, 1.807) is 13.3 Å². The second kappa shape index (κ2) is 14.1. The Labute approximate surface area is 215 Å². The number of aryl methyl sites for hydroxylation is 1. The van der Waals surface area contributed by atoms with Gasteiger partial charge in [0.25, 0.3) is 0 Å². The summed E-state index contributed by atoms with van der Waals surface area (Å²) in [5.41, 5.74) is 5.83. The first-order valence-electron chi connectivity index (χ1n) is 11.7. The zero-order valence-corrected chi connectivity index (χ0v) is 21.7. The fraction of sp³-hybridized carbons (Fsp3) is 0.286. The van der Waals surface area contributed by atoms with Crippen molar-refractivity contribution in [2.75, 3.05) is 19.5 Å². The van der Waals surface area contributed by atoms with Crippen LogP contribution >= 0.6 is 0 Å². The van der Waals surface area contributed by atoms with E-state index in [1.165, 1.54) is 12.1 Å². The number of pyridine rings is 1. The quantitative estimate of drug-likeness (QED) is 0.345. The summed E-state index contributed by atoms with van der Waals surface area (Å²) in [5.74, 6) is 1.17. The number of benzene rings is 2. The topological polar surface area (TPSA) is 49.8 Å². The molecule has 1 aliphatic heterocycles. The summed E-state index contributed by atoms with van der Waals surface area (Å²) in [4.78, 5) is 11.3. The van der Waals surface area contributed by atoms with Gasteiger partial charge in [0.05, 0.1) is 12.3 Å². The lowest BCUT2D eigenvalue weighted by molar-refractivity contribution is 0.00819. The van der Waals surface area contributed by atoms with Gasteiger partial charge in [0.2, 0.25) is 0 Å². The number of methoxy groups -OCH3 is 1. The standard InChI is InChI=1S/C25H25FN4O.C2H6.CHF3/c1-16-10-20(15-31-4)24(27-13-16)28-14-19-11-21(26)12-22-17(2)30(3)25(29-23(19)22)18-8-6-5-7-9-18;1-2;2-1(3)4/h5-13H,2,14-15H2,1,3-4H3,(H,27,28);1-2H3;1H. The Balaban J connectivity index is 0.000000733. The van der Waals surface area contributed by atoms with E-state index in [2.05, 4.69) is 16.9 Å². The Morgan fingerprint density at radius 3 is 2.32 bits per heavy atom. The molecule has 0 radical (unpaired) electrons. The molecule has 0 aliphatic carbocycles. The fourth-order valence-electron chi connectivity index (χ4n) is 3.71. The molecular formula is C28H32F4N4O. The lowest BCUT2D eigenvalue weighted by Crippen LogP contribution is -2.28. The molecule has 1 aromatic heterocycles. The molecule has 4 rings (SSSR count). The molecule has 2 aromatic carbocycles. The summed E-state index contributed by atoms with van der Waals surface area (Å²) in [7, 11) is 3.55. The molecule has 1 N–H and O–H groups in total. The monoisotopic (exact) mass is 516 g/mol. The van der Waals surface area contributed by atoms with Gasteiger partial charge in [0.1, 0.15) is 17.5 Å². The van der Waals surface area contributed by atoms with Crippen molar-refractivity contribution in [3.05, 3.63) is 94.9 Å². The van der Waals surface area contributed by atoms with Crippen molar-refractivity contribution in [1.82, 2.24) is 9.88 Å². The molecular weight excluding hydrogens is 484 g/mol. The first-order valence-corrected chi connectivity index (χ1v) is 11.7. The molecule has 0 saturated heterocycles. The number of nitrogens with one attached hydrogen (secondary N) is 1. The predicted molar refractivity (Wildman–Crippen MR) is 141 cm³/mol. The number of anilines is 1. The van der Waals surface area contributed by atoms with Gasteiger partial charge in [-0.25, -0.2) is 14.4 Å². The van der Waals surface area contributed by atoms with Crippen molar-refractivity contribution >= 4 is 23.0 Å². The molecule has 0 unspecified atom stereocenters. The molecule has 1 aliphatic rings. The molecule has 0 fully saturated rings. The fourth-order valence-corrected chi connectivity index (χ4v) is 3.71. The van der Waals surface area contributed by atoms with Crippen LogP contribution < -0.4 is 5.32 Å². The highest BCUT2D eigenvalue weighted by molar-refractivity contribution is 6.07. The molecule has 0 saturated carbocycles. The number of aliphatic imine (C=N–C) groups is 1. The largest absolute Gasteiger partial charge is 0.380 e. The van der Waals surface area contributed by atoms with Gasteiger partial charge in [-0.15, -0.1) is 0 Å². The third-order valence-corrected chi connectivity index (χ3v) is 5.29. The normalized spacial score (nSPS) is 12.1. The van der Waals surface area contributed by atoms with E-state index < -0.39 is 6.68 Å². The van der Waals surface area contributed by atoms with Crippen LogP contribution in [0.4, 0.5) is 29.1 Å². The van der Waals surface area contributed by atoms with Gasteiger partial charge in [-0.1, -0.05) is 50.8 Å². The van der Waals surface area contributed by atoms with Gasteiger partial charge >= 0.3 is 6.68 Å². The summed E-state index contributed by atoms with van der Waals surface area (Å²) in [6.07, 6.45) is 1.80. The molecule has 9 heteroatoms. The van der Waals surface area contributed by atoms with Gasteiger partial charge in [-0.2, -0.15) is 13.2 Å². The summed E-state index contributed by atoms with van der Waals surface area (Å²) in [5, 5.41) is 3.33. The lowest BCUT2D eigenvalue weighted by Gasteiger charge is -2.30. The third-order valence-electron chi connectivity index (χ3n) is 5.29. The Morgan fingerprint density at radius 2 is 1.70 bits per heavy atom. The number of fused-ring (bicyclic) bond motifs is 1. The molecule has 0 bridgehead atoms. The summed E-state index contributed by atoms with van der Waals surface area (Å²) < 4.78 is 48.8. The minimum Gasteiger partial charge on any atom is -0.380 e. The van der Waals surface area contributed by atoms with Crippen LogP contribution in [0.5, 0.6) is 0 Å². The summed E-state index contributed by atoms with van der Waals surface area (Å²) in [6.45, 7) is 7.32. The highest BCUT2D eigenvalue weighted by Crippen LogP contribution is 2.37. The third kappa shape index (κ3) is 7.88. The molecule has 37 heavy (non-hydrogen) atoms. The van der Waals surface area contributed by atoms with E-state index in [0.29, 0.717) is 30.2 Å². The van der Waals surface area contributed by atoms with Crippen LogP contribution in [0.3, 0.4) is 0 Å². The highest BCUT2D eigenvalue weighted by Gasteiger charge is 2.24. The molecule has 5 nitrogen and oxygen atoms in total. The van der Waals surface area contributed by atoms with Crippen LogP contribution in [-0.4, -0.2) is 36.6 Å². The molecule has 0 amide bonds. The Morgan fingerprint density at radius 1 is 1.05 bits per heavy atom. The molecule has 0 atom stereocenters. The highest BCUT2D eigenvalue weighted by atomic mass is 19.4. The zero-order valence-electron chi connectivity index (χ0n) is 21.7. The van der Waals surface area contributed by atoms with Gasteiger partial charge in [0, 0.05) is 54.8 Å². The van der Waals surface area contributed by atoms with Crippen LogP contribution in [0.15, 0.2) is 66.3 Å². The van der Waals surface area contributed by atoms with Crippen molar-refractivity contribution in [3.8, 4) is 0 Å². The average Bonchev–Trinajstić information content (AvgIpc) is 2.87.